The Labute approximate surface area is 79.4 Å². The van der Waals surface area contributed by atoms with Gasteiger partial charge in [0.15, 0.2) is 0 Å². The first-order valence-corrected chi connectivity index (χ1v) is 4.86. The zero-order chi connectivity index (χ0) is 9.26. The maximum atomic E-state index is 5.71. The van der Waals surface area contributed by atoms with Gasteiger partial charge in [-0.3, -0.25) is 0 Å². The molecule has 0 amide bonds. The maximum Gasteiger partial charge on any atom is 0.0441 e. The summed E-state index contributed by atoms with van der Waals surface area (Å²) < 4.78 is 0. The van der Waals surface area contributed by atoms with Crippen LogP contribution in [0.4, 0.5) is 5.69 Å². The van der Waals surface area contributed by atoms with Crippen molar-refractivity contribution < 1.29 is 0 Å². The molecule has 1 aliphatic heterocycles. The number of aryl methyl sites for hydroxylation is 1. The second-order valence-corrected chi connectivity index (χ2v) is 3.63. The van der Waals surface area contributed by atoms with Crippen LogP contribution in [0.3, 0.4) is 0 Å². The number of benzene rings is 1. The largest absolute Gasteiger partial charge is 0.371 e. The third kappa shape index (κ3) is 1.42. The van der Waals surface area contributed by atoms with E-state index in [1.807, 2.05) is 0 Å². The smallest absolute Gasteiger partial charge is 0.0441 e. The fourth-order valence-electron chi connectivity index (χ4n) is 1.88. The van der Waals surface area contributed by atoms with Gasteiger partial charge in [-0.2, -0.15) is 0 Å². The molecule has 1 heterocycles. The molecular weight excluding hydrogens is 160 g/mol. The minimum absolute atomic E-state index is 0.646. The molecule has 2 N–H and O–H groups in total. The van der Waals surface area contributed by atoms with Crippen LogP contribution in [0, 0.1) is 6.92 Å². The molecule has 2 rings (SSSR count). The Morgan fingerprint density at radius 1 is 1.38 bits per heavy atom. The molecule has 1 aromatic rings. The quantitative estimate of drug-likeness (QED) is 0.742. The summed E-state index contributed by atoms with van der Waals surface area (Å²) in [6.45, 7) is 5.19. The summed E-state index contributed by atoms with van der Waals surface area (Å²) in [5.41, 5.74) is 9.71. The molecule has 0 aliphatic carbocycles. The normalized spacial score (nSPS) is 15.7. The van der Waals surface area contributed by atoms with Crippen molar-refractivity contribution in [1.29, 1.82) is 0 Å². The van der Waals surface area contributed by atoms with Gasteiger partial charge >= 0.3 is 0 Å². The zero-order valence-corrected chi connectivity index (χ0v) is 8.09. The van der Waals surface area contributed by atoms with E-state index >= 15 is 0 Å². The number of nitrogens with zero attached hydrogens (tertiary/aromatic N) is 1. The summed E-state index contributed by atoms with van der Waals surface area (Å²) in [6, 6.07) is 6.37. The standard InChI is InChI=1S/C11H16N2/c1-9-4-2-5-10(8-12)11(9)13-6-3-7-13/h2,4-5H,3,6-8,12H2,1H3. The van der Waals surface area contributed by atoms with Crippen molar-refractivity contribution in [1.82, 2.24) is 0 Å². The van der Waals surface area contributed by atoms with Gasteiger partial charge in [-0.25, -0.2) is 0 Å². The lowest BCUT2D eigenvalue weighted by Gasteiger charge is -2.36. The van der Waals surface area contributed by atoms with Gasteiger partial charge in [0.05, 0.1) is 0 Å². The summed E-state index contributed by atoms with van der Waals surface area (Å²) in [5, 5.41) is 0. The first-order chi connectivity index (χ1) is 6.33. The summed E-state index contributed by atoms with van der Waals surface area (Å²) in [6.07, 6.45) is 1.32. The molecule has 0 unspecified atom stereocenters. The molecule has 0 bridgehead atoms. The van der Waals surface area contributed by atoms with Crippen LogP contribution >= 0.6 is 0 Å². The van der Waals surface area contributed by atoms with Crippen molar-refractivity contribution in [2.75, 3.05) is 18.0 Å². The summed E-state index contributed by atoms with van der Waals surface area (Å²) in [5.74, 6) is 0. The predicted octanol–water partition coefficient (Wildman–Crippen LogP) is 1.66. The highest BCUT2D eigenvalue weighted by Crippen LogP contribution is 2.28. The van der Waals surface area contributed by atoms with E-state index in [2.05, 4.69) is 30.0 Å². The Morgan fingerprint density at radius 2 is 2.15 bits per heavy atom. The molecular formula is C11H16N2. The van der Waals surface area contributed by atoms with Gasteiger partial charge in [-0.05, 0) is 24.5 Å². The first-order valence-electron chi connectivity index (χ1n) is 4.86. The molecule has 0 spiro atoms. The summed E-state index contributed by atoms with van der Waals surface area (Å²) in [7, 11) is 0. The van der Waals surface area contributed by atoms with Crippen molar-refractivity contribution in [3.63, 3.8) is 0 Å². The highest BCUT2D eigenvalue weighted by molar-refractivity contribution is 5.60. The number of rotatable bonds is 2. The molecule has 2 heteroatoms. The van der Waals surface area contributed by atoms with E-state index in [9.17, 15) is 0 Å². The lowest BCUT2D eigenvalue weighted by atomic mass is 10.0. The summed E-state index contributed by atoms with van der Waals surface area (Å²) >= 11 is 0. The van der Waals surface area contributed by atoms with Gasteiger partial charge in [-0.15, -0.1) is 0 Å². The minimum Gasteiger partial charge on any atom is -0.371 e. The van der Waals surface area contributed by atoms with Crippen molar-refractivity contribution in [3.05, 3.63) is 29.3 Å². The van der Waals surface area contributed by atoms with Crippen molar-refractivity contribution >= 4 is 5.69 Å². The number of hydrogen-bond acceptors (Lipinski definition) is 2. The second-order valence-electron chi connectivity index (χ2n) is 3.63. The third-order valence-electron chi connectivity index (χ3n) is 2.71. The number of hydrogen-bond donors (Lipinski definition) is 1. The van der Waals surface area contributed by atoms with Crippen LogP contribution in [0.15, 0.2) is 18.2 Å². The Morgan fingerprint density at radius 3 is 2.69 bits per heavy atom. The van der Waals surface area contributed by atoms with Crippen LogP contribution in [0.25, 0.3) is 0 Å². The molecule has 0 radical (unpaired) electrons. The van der Waals surface area contributed by atoms with Gasteiger partial charge in [0.1, 0.15) is 0 Å². The van der Waals surface area contributed by atoms with E-state index in [1.165, 1.54) is 36.3 Å². The number of nitrogens with two attached hydrogens (primary N) is 1. The van der Waals surface area contributed by atoms with E-state index in [-0.39, 0.29) is 0 Å². The molecule has 2 nitrogen and oxygen atoms in total. The molecule has 70 valence electrons. The Kier molecular flexibility index (Phi) is 2.23. The fourth-order valence-corrected chi connectivity index (χ4v) is 1.88. The van der Waals surface area contributed by atoms with Crippen LogP contribution in [-0.2, 0) is 6.54 Å². The van der Waals surface area contributed by atoms with Crippen LogP contribution < -0.4 is 10.6 Å². The predicted molar refractivity (Wildman–Crippen MR) is 55.9 cm³/mol. The molecule has 0 saturated carbocycles. The third-order valence-corrected chi connectivity index (χ3v) is 2.71. The molecule has 0 aromatic heterocycles. The van der Waals surface area contributed by atoms with E-state index < -0.39 is 0 Å². The van der Waals surface area contributed by atoms with Crippen LogP contribution in [-0.4, -0.2) is 13.1 Å². The van der Waals surface area contributed by atoms with E-state index in [1.54, 1.807) is 0 Å². The van der Waals surface area contributed by atoms with Gasteiger partial charge in [0.2, 0.25) is 0 Å². The first kappa shape index (κ1) is 8.57. The van der Waals surface area contributed by atoms with Crippen LogP contribution in [0.2, 0.25) is 0 Å². The minimum atomic E-state index is 0.646. The lowest BCUT2D eigenvalue weighted by molar-refractivity contribution is 0.613. The average molecular weight is 176 g/mol. The molecule has 13 heavy (non-hydrogen) atoms. The molecule has 0 atom stereocenters. The van der Waals surface area contributed by atoms with Crippen molar-refractivity contribution in [3.8, 4) is 0 Å². The van der Waals surface area contributed by atoms with Gasteiger partial charge in [0.25, 0.3) is 0 Å². The zero-order valence-electron chi connectivity index (χ0n) is 8.09. The molecule has 1 aliphatic rings. The SMILES string of the molecule is Cc1cccc(CN)c1N1CCC1. The van der Waals surface area contributed by atoms with Crippen LogP contribution in [0.5, 0.6) is 0 Å². The van der Waals surface area contributed by atoms with Crippen molar-refractivity contribution in [2.24, 2.45) is 5.73 Å². The number of para-hydroxylation sites is 1. The fraction of sp³-hybridized carbons (Fsp3) is 0.455. The molecule has 1 saturated heterocycles. The topological polar surface area (TPSA) is 29.3 Å². The molecule has 1 fully saturated rings. The monoisotopic (exact) mass is 176 g/mol. The van der Waals surface area contributed by atoms with E-state index in [0.29, 0.717) is 6.54 Å². The van der Waals surface area contributed by atoms with Crippen LogP contribution in [0.1, 0.15) is 17.5 Å². The van der Waals surface area contributed by atoms with E-state index in [0.717, 1.165) is 0 Å². The van der Waals surface area contributed by atoms with E-state index in [4.69, 9.17) is 5.73 Å². The second kappa shape index (κ2) is 3.38. The highest BCUT2D eigenvalue weighted by Gasteiger charge is 2.18. The molecule has 1 aromatic carbocycles. The van der Waals surface area contributed by atoms with Gasteiger partial charge < -0.3 is 10.6 Å². The van der Waals surface area contributed by atoms with Gasteiger partial charge in [-0.1, -0.05) is 18.2 Å². The Hall–Kier alpha value is -1.02. The maximum absolute atomic E-state index is 5.71. The van der Waals surface area contributed by atoms with Gasteiger partial charge in [0, 0.05) is 25.3 Å². The Balaban J connectivity index is 2.39. The average Bonchev–Trinajstić information content (AvgIpc) is 2.05. The summed E-state index contributed by atoms with van der Waals surface area (Å²) in [4.78, 5) is 2.41. The Bertz CT molecular complexity index is 303. The lowest BCUT2D eigenvalue weighted by Crippen LogP contribution is -2.38. The highest BCUT2D eigenvalue weighted by atomic mass is 15.2. The van der Waals surface area contributed by atoms with Crippen molar-refractivity contribution in [2.45, 2.75) is 19.9 Å². The number of anilines is 1.